The molecule has 2 heterocycles. The van der Waals surface area contributed by atoms with Crippen molar-refractivity contribution in [1.82, 2.24) is 9.97 Å². The van der Waals surface area contributed by atoms with Crippen LogP contribution < -0.4 is 16.0 Å². The Morgan fingerprint density at radius 1 is 1.10 bits per heavy atom. The molecule has 0 saturated carbocycles. The van der Waals surface area contributed by atoms with Crippen molar-refractivity contribution >= 4 is 28.5 Å². The van der Waals surface area contributed by atoms with Crippen LogP contribution in [0.15, 0.2) is 55.0 Å². The third-order valence-electron chi connectivity index (χ3n) is 4.41. The molecular formula is C21H17F2N5O. The zero-order valence-electron chi connectivity index (χ0n) is 15.5. The molecule has 6 nitrogen and oxygen atoms in total. The maximum atomic E-state index is 14.4. The minimum atomic E-state index is -0.462. The van der Waals surface area contributed by atoms with E-state index in [4.69, 9.17) is 0 Å². The summed E-state index contributed by atoms with van der Waals surface area (Å²) in [5.41, 5.74) is 3.55. The first-order valence-electron chi connectivity index (χ1n) is 8.88. The summed E-state index contributed by atoms with van der Waals surface area (Å²) >= 11 is 0. The molecule has 8 heteroatoms. The average Bonchev–Trinajstić information content (AvgIpc) is 3.01. The lowest BCUT2D eigenvalue weighted by Crippen LogP contribution is -2.06. The summed E-state index contributed by atoms with van der Waals surface area (Å²) in [5.74, 6) is -1.25. The molecule has 146 valence electrons. The van der Waals surface area contributed by atoms with E-state index in [2.05, 4.69) is 25.9 Å². The molecule has 1 amide bonds. The van der Waals surface area contributed by atoms with Crippen molar-refractivity contribution in [2.24, 2.45) is 0 Å². The van der Waals surface area contributed by atoms with E-state index in [1.807, 2.05) is 6.92 Å². The Labute approximate surface area is 165 Å². The number of halogens is 2. The number of carbonyl (C=O) groups excluding carboxylic acids is 1. The summed E-state index contributed by atoms with van der Waals surface area (Å²) < 4.78 is 27.9. The van der Waals surface area contributed by atoms with Gasteiger partial charge in [-0.2, -0.15) is 0 Å². The van der Waals surface area contributed by atoms with E-state index in [1.165, 1.54) is 30.5 Å². The largest absolute Gasteiger partial charge is 0.377 e. The zero-order chi connectivity index (χ0) is 20.4. The van der Waals surface area contributed by atoms with Gasteiger partial charge in [-0.25, -0.2) is 8.78 Å². The fraction of sp³-hybridized carbons (Fsp3) is 0.0952. The number of aromatic nitrogens is 2. The highest BCUT2D eigenvalue weighted by molar-refractivity contribution is 6.31. The highest BCUT2D eigenvalue weighted by Gasteiger charge is 2.24. The van der Waals surface area contributed by atoms with Crippen molar-refractivity contribution in [2.45, 2.75) is 13.5 Å². The second-order valence-electron chi connectivity index (χ2n) is 6.54. The second-order valence-corrected chi connectivity index (χ2v) is 6.54. The highest BCUT2D eigenvalue weighted by Crippen LogP contribution is 2.32. The van der Waals surface area contributed by atoms with E-state index in [9.17, 15) is 13.6 Å². The van der Waals surface area contributed by atoms with E-state index in [1.54, 1.807) is 24.5 Å². The number of nitrogens with one attached hydrogen (secondary N) is 3. The maximum Gasteiger partial charge on any atom is 0.257 e. The predicted octanol–water partition coefficient (Wildman–Crippen LogP) is 4.08. The van der Waals surface area contributed by atoms with Crippen molar-refractivity contribution in [1.29, 1.82) is 0 Å². The number of aryl methyl sites for hydroxylation is 1. The van der Waals surface area contributed by atoms with Crippen LogP contribution in [0.3, 0.4) is 0 Å². The monoisotopic (exact) mass is 393 g/mol. The quantitative estimate of drug-likeness (QED) is 0.570. The van der Waals surface area contributed by atoms with Crippen LogP contribution in [0.4, 0.5) is 25.8 Å². The van der Waals surface area contributed by atoms with Gasteiger partial charge >= 0.3 is 0 Å². The van der Waals surface area contributed by atoms with Gasteiger partial charge in [-0.3, -0.25) is 14.8 Å². The first kappa shape index (κ1) is 18.5. The molecule has 0 spiro atoms. The zero-order valence-corrected chi connectivity index (χ0v) is 15.5. The van der Waals surface area contributed by atoms with Gasteiger partial charge < -0.3 is 16.0 Å². The number of benzene rings is 2. The predicted molar refractivity (Wildman–Crippen MR) is 107 cm³/mol. The highest BCUT2D eigenvalue weighted by atomic mass is 19.1. The van der Waals surface area contributed by atoms with Crippen LogP contribution >= 0.6 is 0 Å². The molecular weight excluding hydrogens is 376 g/mol. The van der Waals surface area contributed by atoms with Gasteiger partial charge in [0.2, 0.25) is 0 Å². The van der Waals surface area contributed by atoms with Gasteiger partial charge in [0.25, 0.3) is 5.91 Å². The van der Waals surface area contributed by atoms with Gasteiger partial charge in [0, 0.05) is 29.3 Å². The maximum absolute atomic E-state index is 14.4. The molecule has 2 aromatic carbocycles. The van der Waals surface area contributed by atoms with E-state index in [0.717, 1.165) is 5.69 Å². The Hall–Kier alpha value is -3.81. The fourth-order valence-electron chi connectivity index (χ4n) is 2.90. The van der Waals surface area contributed by atoms with E-state index in [0.29, 0.717) is 34.9 Å². The Morgan fingerprint density at radius 3 is 2.72 bits per heavy atom. The Bertz CT molecular complexity index is 1110. The third kappa shape index (κ3) is 4.06. The molecule has 0 radical (unpaired) electrons. The number of hydrogen-bond donors (Lipinski definition) is 3. The molecule has 0 unspecified atom stereocenters. The lowest BCUT2D eigenvalue weighted by atomic mass is 10.1. The summed E-state index contributed by atoms with van der Waals surface area (Å²) in [7, 11) is 0. The number of carbonyl (C=O) groups is 1. The number of anilines is 3. The van der Waals surface area contributed by atoms with Crippen molar-refractivity contribution in [3.63, 3.8) is 0 Å². The van der Waals surface area contributed by atoms with Crippen LogP contribution in [0.1, 0.15) is 17.0 Å². The standard InChI is InChI=1S/C21H17F2N5O/c1-12-8-25-15(9-24-12)10-27-20-5-3-14(7-18(20)23)26-11-17-16-6-13(22)2-4-19(16)28-21(17)29/h2-9,11,26-27H,10H2,1H3,(H,28,29). The number of nitrogens with zero attached hydrogens (tertiary/aromatic N) is 2. The Balaban J connectivity index is 1.46. The molecule has 29 heavy (non-hydrogen) atoms. The summed E-state index contributed by atoms with van der Waals surface area (Å²) in [6.07, 6.45) is 4.72. The summed E-state index contributed by atoms with van der Waals surface area (Å²) in [5, 5.41) is 8.52. The average molecular weight is 393 g/mol. The lowest BCUT2D eigenvalue weighted by molar-refractivity contribution is -0.110. The van der Waals surface area contributed by atoms with Crippen LogP contribution in [0.25, 0.3) is 5.57 Å². The van der Waals surface area contributed by atoms with Crippen molar-refractivity contribution < 1.29 is 13.6 Å². The normalized spacial score (nSPS) is 13.9. The van der Waals surface area contributed by atoms with Crippen LogP contribution in [0, 0.1) is 18.6 Å². The van der Waals surface area contributed by atoms with Crippen LogP contribution in [0.5, 0.6) is 0 Å². The summed E-state index contributed by atoms with van der Waals surface area (Å²) in [4.78, 5) is 20.5. The molecule has 1 aliphatic heterocycles. The van der Waals surface area contributed by atoms with Gasteiger partial charge in [-0.15, -0.1) is 0 Å². The SMILES string of the molecule is Cc1cnc(CNc2ccc(NC=C3C(=O)Nc4ccc(F)cc43)cc2F)cn1. The lowest BCUT2D eigenvalue weighted by Gasteiger charge is -2.09. The number of amides is 1. The molecule has 1 aromatic heterocycles. The van der Waals surface area contributed by atoms with Crippen molar-refractivity contribution in [2.75, 3.05) is 16.0 Å². The number of hydrogen-bond acceptors (Lipinski definition) is 5. The van der Waals surface area contributed by atoms with Crippen LogP contribution in [-0.2, 0) is 11.3 Å². The molecule has 4 rings (SSSR count). The van der Waals surface area contributed by atoms with Crippen LogP contribution in [-0.4, -0.2) is 15.9 Å². The minimum Gasteiger partial charge on any atom is -0.377 e. The molecule has 0 fully saturated rings. The Morgan fingerprint density at radius 2 is 1.97 bits per heavy atom. The van der Waals surface area contributed by atoms with Gasteiger partial charge in [-0.1, -0.05) is 0 Å². The number of rotatable bonds is 5. The second kappa shape index (κ2) is 7.67. The minimum absolute atomic E-state index is 0.278. The van der Waals surface area contributed by atoms with E-state index < -0.39 is 11.6 Å². The van der Waals surface area contributed by atoms with Crippen LogP contribution in [0.2, 0.25) is 0 Å². The molecule has 0 saturated heterocycles. The molecule has 3 aromatic rings. The molecule has 0 aliphatic carbocycles. The molecule has 0 bridgehead atoms. The van der Waals surface area contributed by atoms with Gasteiger partial charge in [0.15, 0.2) is 0 Å². The summed E-state index contributed by atoms with van der Waals surface area (Å²) in [6.45, 7) is 2.18. The van der Waals surface area contributed by atoms with E-state index >= 15 is 0 Å². The van der Waals surface area contributed by atoms with Crippen molar-refractivity contribution in [3.05, 3.63) is 83.6 Å². The number of fused-ring (bicyclic) bond motifs is 1. The summed E-state index contributed by atoms with van der Waals surface area (Å²) in [6, 6.07) is 8.62. The van der Waals surface area contributed by atoms with E-state index in [-0.39, 0.29) is 11.5 Å². The molecule has 3 N–H and O–H groups in total. The van der Waals surface area contributed by atoms with Gasteiger partial charge in [0.05, 0.1) is 35.4 Å². The smallest absolute Gasteiger partial charge is 0.257 e. The Kier molecular flexibility index (Phi) is 4.90. The first-order valence-corrected chi connectivity index (χ1v) is 8.88. The molecule has 1 aliphatic rings. The topological polar surface area (TPSA) is 78.9 Å². The third-order valence-corrected chi connectivity index (χ3v) is 4.41. The van der Waals surface area contributed by atoms with Crippen molar-refractivity contribution in [3.8, 4) is 0 Å². The fourth-order valence-corrected chi connectivity index (χ4v) is 2.90. The molecule has 0 atom stereocenters. The first-order chi connectivity index (χ1) is 14.0. The van der Waals surface area contributed by atoms with Gasteiger partial charge in [-0.05, 0) is 43.3 Å². The van der Waals surface area contributed by atoms with Gasteiger partial charge in [0.1, 0.15) is 11.6 Å².